The van der Waals surface area contributed by atoms with Gasteiger partial charge in [0.05, 0.1) is 15.9 Å². The number of amides is 3. The van der Waals surface area contributed by atoms with E-state index in [2.05, 4.69) is 48.6 Å². The number of anilines is 1. The highest BCUT2D eigenvalue weighted by Gasteiger charge is 2.35. The summed E-state index contributed by atoms with van der Waals surface area (Å²) in [5.41, 5.74) is 3.52. The predicted octanol–water partition coefficient (Wildman–Crippen LogP) is 6.07. The maximum atomic E-state index is 12.8. The molecule has 1 heterocycles. The van der Waals surface area contributed by atoms with Crippen LogP contribution in [0.15, 0.2) is 64.5 Å². The Kier molecular flexibility index (Phi) is 6.86. The maximum Gasteiger partial charge on any atom is 0.293 e. The quantitative estimate of drug-likeness (QED) is 0.508. The van der Waals surface area contributed by atoms with Crippen LogP contribution in [0.2, 0.25) is 0 Å². The summed E-state index contributed by atoms with van der Waals surface area (Å²) in [6.45, 7) is 10.2. The molecule has 1 fully saturated rings. The zero-order chi connectivity index (χ0) is 22.8. The summed E-state index contributed by atoms with van der Waals surface area (Å²) in [5.74, 6) is -0.632. The fraction of sp³-hybridized carbons (Fsp3) is 0.208. The lowest BCUT2D eigenvalue weighted by Gasteiger charge is -2.20. The summed E-state index contributed by atoms with van der Waals surface area (Å²) in [7, 11) is 0. The molecule has 160 valence electrons. The monoisotopic (exact) mass is 498 g/mol. The van der Waals surface area contributed by atoms with Crippen molar-refractivity contribution in [3.63, 3.8) is 0 Å². The first-order valence-electron chi connectivity index (χ1n) is 9.65. The van der Waals surface area contributed by atoms with Crippen molar-refractivity contribution in [2.24, 2.45) is 0 Å². The molecule has 0 atom stereocenters. The topological polar surface area (TPSA) is 66.5 Å². The molecule has 31 heavy (non-hydrogen) atoms. The van der Waals surface area contributed by atoms with Crippen molar-refractivity contribution in [1.29, 1.82) is 0 Å². The second kappa shape index (κ2) is 9.24. The van der Waals surface area contributed by atoms with Gasteiger partial charge < -0.3 is 5.32 Å². The van der Waals surface area contributed by atoms with Gasteiger partial charge in [-0.25, -0.2) is 0 Å². The summed E-state index contributed by atoms with van der Waals surface area (Å²) < 4.78 is 0.235. The molecule has 0 aromatic heterocycles. The Balaban J connectivity index is 1.70. The van der Waals surface area contributed by atoms with Crippen LogP contribution in [-0.2, 0) is 21.5 Å². The van der Waals surface area contributed by atoms with Gasteiger partial charge in [0.15, 0.2) is 0 Å². The number of halogens is 1. The van der Waals surface area contributed by atoms with Crippen LogP contribution in [0.4, 0.5) is 10.5 Å². The molecule has 0 spiro atoms. The number of carbonyl (C=O) groups excluding carboxylic acids is 3. The van der Waals surface area contributed by atoms with Gasteiger partial charge in [0.25, 0.3) is 17.1 Å². The van der Waals surface area contributed by atoms with E-state index in [-0.39, 0.29) is 33.5 Å². The molecule has 3 rings (SSSR count). The van der Waals surface area contributed by atoms with Crippen LogP contribution < -0.4 is 5.32 Å². The molecular formula is C24H23BrN2O3S. The van der Waals surface area contributed by atoms with Gasteiger partial charge in [-0.3, -0.25) is 19.3 Å². The normalized spacial score (nSPS) is 15.5. The van der Waals surface area contributed by atoms with E-state index in [1.54, 1.807) is 30.3 Å². The van der Waals surface area contributed by atoms with Crippen molar-refractivity contribution >= 4 is 56.5 Å². The van der Waals surface area contributed by atoms with E-state index in [1.165, 1.54) is 10.5 Å². The summed E-state index contributed by atoms with van der Waals surface area (Å²) >= 11 is 3.96. The van der Waals surface area contributed by atoms with Crippen LogP contribution in [-0.4, -0.2) is 22.0 Å². The molecule has 0 radical (unpaired) electrons. The average molecular weight is 499 g/mol. The number of thioether (sulfide) groups is 1. The van der Waals surface area contributed by atoms with Crippen molar-refractivity contribution < 1.29 is 14.4 Å². The van der Waals surface area contributed by atoms with Gasteiger partial charge in [-0.2, -0.15) is 0 Å². The number of nitrogens with zero attached hydrogens (tertiary/aromatic N) is 1. The highest BCUT2D eigenvalue weighted by atomic mass is 79.9. The first-order chi connectivity index (χ1) is 14.5. The Hall–Kier alpha value is -2.64. The Morgan fingerprint density at radius 3 is 2.26 bits per heavy atom. The highest BCUT2D eigenvalue weighted by molar-refractivity contribution is 9.12. The van der Waals surface area contributed by atoms with Crippen LogP contribution >= 0.6 is 27.7 Å². The summed E-state index contributed by atoms with van der Waals surface area (Å²) in [5, 5.41) is 2.40. The van der Waals surface area contributed by atoms with Crippen LogP contribution in [0.3, 0.4) is 0 Å². The molecule has 2 aromatic rings. The highest BCUT2D eigenvalue weighted by Crippen LogP contribution is 2.33. The van der Waals surface area contributed by atoms with Gasteiger partial charge in [-0.1, -0.05) is 63.7 Å². The summed E-state index contributed by atoms with van der Waals surface area (Å²) in [6.07, 6.45) is 1.68. The number of imide groups is 1. The Bertz CT molecular complexity index is 1070. The van der Waals surface area contributed by atoms with Crippen LogP contribution in [0.25, 0.3) is 6.08 Å². The van der Waals surface area contributed by atoms with Gasteiger partial charge >= 0.3 is 0 Å². The predicted molar refractivity (Wildman–Crippen MR) is 130 cm³/mol. The van der Waals surface area contributed by atoms with Crippen molar-refractivity contribution in [1.82, 2.24) is 4.90 Å². The molecule has 7 heteroatoms. The third-order valence-electron chi connectivity index (χ3n) is 4.75. The lowest BCUT2D eigenvalue weighted by atomic mass is 9.87. The fourth-order valence-corrected chi connectivity index (χ4v) is 3.88. The van der Waals surface area contributed by atoms with E-state index in [0.29, 0.717) is 10.6 Å². The van der Waals surface area contributed by atoms with Crippen molar-refractivity contribution in [2.45, 2.75) is 32.7 Å². The molecule has 1 aliphatic heterocycles. The molecule has 0 unspecified atom stereocenters. The average Bonchev–Trinajstić information content (AvgIpc) is 2.96. The molecule has 0 aliphatic carbocycles. The minimum Gasteiger partial charge on any atom is -0.322 e. The zero-order valence-electron chi connectivity index (χ0n) is 17.6. The molecular weight excluding hydrogens is 476 g/mol. The molecule has 5 nitrogen and oxygen atoms in total. The Labute approximate surface area is 194 Å². The van der Waals surface area contributed by atoms with Gasteiger partial charge in [0, 0.05) is 5.69 Å². The van der Waals surface area contributed by atoms with Crippen LogP contribution in [0, 0.1) is 0 Å². The van der Waals surface area contributed by atoms with E-state index in [4.69, 9.17) is 0 Å². The minimum absolute atomic E-state index is 0.0457. The van der Waals surface area contributed by atoms with Crippen LogP contribution in [0.5, 0.6) is 0 Å². The lowest BCUT2D eigenvalue weighted by Crippen LogP contribution is -2.27. The third-order valence-corrected chi connectivity index (χ3v) is 6.01. The number of benzene rings is 2. The Morgan fingerprint density at radius 2 is 1.71 bits per heavy atom. The van der Waals surface area contributed by atoms with Gasteiger partial charge in [-0.15, -0.1) is 0 Å². The second-order valence-corrected chi connectivity index (χ2v) is 10.1. The minimum atomic E-state index is -0.329. The molecule has 1 saturated heterocycles. The standard InChI is InChI=1S/C24H23BrN2O3S/c1-15(25)21(28)26-19-11-7-16(8-12-19)13-20-22(29)27(23(30)31-20)14-17-5-9-18(10-6-17)24(2,3)4/h5-13H,1,14H2,2-4H3,(H,26,28)/b20-13-. The summed E-state index contributed by atoms with van der Waals surface area (Å²) in [4.78, 5) is 38.5. The van der Waals surface area contributed by atoms with Crippen molar-refractivity contribution in [2.75, 3.05) is 5.32 Å². The van der Waals surface area contributed by atoms with Crippen LogP contribution in [0.1, 0.15) is 37.5 Å². The summed E-state index contributed by atoms with van der Waals surface area (Å²) in [6, 6.07) is 15.0. The number of nitrogens with one attached hydrogen (secondary N) is 1. The number of hydrogen-bond donors (Lipinski definition) is 1. The first kappa shape index (κ1) is 23.0. The van der Waals surface area contributed by atoms with E-state index in [9.17, 15) is 14.4 Å². The molecule has 1 N–H and O–H groups in total. The smallest absolute Gasteiger partial charge is 0.293 e. The van der Waals surface area contributed by atoms with E-state index in [0.717, 1.165) is 22.9 Å². The van der Waals surface area contributed by atoms with Gasteiger partial charge in [-0.05, 0) is 68.0 Å². The molecule has 1 aliphatic rings. The molecule has 3 amide bonds. The van der Waals surface area contributed by atoms with E-state index < -0.39 is 0 Å². The molecule has 0 bridgehead atoms. The van der Waals surface area contributed by atoms with E-state index >= 15 is 0 Å². The van der Waals surface area contributed by atoms with E-state index in [1.807, 2.05) is 24.3 Å². The SMILES string of the molecule is C=C(Br)C(=O)Nc1ccc(/C=C2\SC(=O)N(Cc3ccc(C(C)(C)C)cc3)C2=O)cc1. The largest absolute Gasteiger partial charge is 0.322 e. The fourth-order valence-electron chi connectivity index (χ4n) is 2.94. The first-order valence-corrected chi connectivity index (χ1v) is 11.3. The number of hydrogen-bond acceptors (Lipinski definition) is 4. The zero-order valence-corrected chi connectivity index (χ0v) is 20.0. The molecule has 2 aromatic carbocycles. The Morgan fingerprint density at radius 1 is 1.10 bits per heavy atom. The van der Waals surface area contributed by atoms with Crippen molar-refractivity contribution in [3.05, 3.63) is 81.2 Å². The second-order valence-electron chi connectivity index (χ2n) is 8.20. The maximum absolute atomic E-state index is 12.8. The van der Waals surface area contributed by atoms with Gasteiger partial charge in [0.1, 0.15) is 0 Å². The van der Waals surface area contributed by atoms with Gasteiger partial charge in [0.2, 0.25) is 0 Å². The number of carbonyl (C=O) groups is 3. The number of rotatable bonds is 5. The molecule has 0 saturated carbocycles. The third kappa shape index (κ3) is 5.74. The van der Waals surface area contributed by atoms with Crippen molar-refractivity contribution in [3.8, 4) is 0 Å². The lowest BCUT2D eigenvalue weighted by molar-refractivity contribution is -0.123.